The Morgan fingerprint density at radius 1 is 1.33 bits per heavy atom. The third-order valence-electron chi connectivity index (χ3n) is 3.61. The fourth-order valence-corrected chi connectivity index (χ4v) is 5.42. The van der Waals surface area contributed by atoms with Crippen LogP contribution in [0.2, 0.25) is 0 Å². The van der Waals surface area contributed by atoms with Gasteiger partial charge in [-0.05, 0) is 25.0 Å². The number of sulfonamides is 1. The van der Waals surface area contributed by atoms with Crippen molar-refractivity contribution in [1.82, 2.24) is 14.5 Å². The van der Waals surface area contributed by atoms with Crippen molar-refractivity contribution in [2.75, 3.05) is 18.4 Å². The molecule has 11 heteroatoms. The molecule has 2 amide bonds. The summed E-state index contributed by atoms with van der Waals surface area (Å²) in [6.45, 7) is 0.893. The lowest BCUT2D eigenvalue weighted by atomic mass is 10.3. The molecule has 0 bridgehead atoms. The summed E-state index contributed by atoms with van der Waals surface area (Å²) >= 11 is 0.811. The highest BCUT2D eigenvalue weighted by Gasteiger charge is 2.31. The zero-order chi connectivity index (χ0) is 17.3. The summed E-state index contributed by atoms with van der Waals surface area (Å²) in [6, 6.07) is 2.66. The topological polar surface area (TPSA) is 138 Å². The van der Waals surface area contributed by atoms with Crippen LogP contribution in [0.4, 0.5) is 5.00 Å². The lowest BCUT2D eigenvalue weighted by Crippen LogP contribution is -2.27. The number of hydrogen-bond donors (Lipinski definition) is 3. The van der Waals surface area contributed by atoms with Crippen molar-refractivity contribution in [3.8, 4) is 0 Å². The molecule has 0 radical (unpaired) electrons. The summed E-state index contributed by atoms with van der Waals surface area (Å²) in [5, 5.41) is 8.75. The molecular formula is C13H15N5O4S2. The van der Waals surface area contributed by atoms with E-state index in [9.17, 15) is 18.0 Å². The first-order chi connectivity index (χ1) is 11.4. The predicted octanol–water partition coefficient (Wildman–Crippen LogP) is 0.607. The monoisotopic (exact) mass is 369 g/mol. The van der Waals surface area contributed by atoms with Crippen LogP contribution in [0.3, 0.4) is 0 Å². The average molecular weight is 369 g/mol. The Bertz CT molecular complexity index is 866. The van der Waals surface area contributed by atoms with Crippen molar-refractivity contribution in [3.63, 3.8) is 0 Å². The highest BCUT2D eigenvalue weighted by Crippen LogP contribution is 2.34. The lowest BCUT2D eigenvalue weighted by molar-refractivity contribution is 0.100. The molecule has 24 heavy (non-hydrogen) atoms. The number of thiophene rings is 1. The van der Waals surface area contributed by atoms with Crippen LogP contribution >= 0.6 is 11.3 Å². The van der Waals surface area contributed by atoms with Gasteiger partial charge in [0.15, 0.2) is 0 Å². The molecule has 0 aromatic carbocycles. The molecule has 3 heterocycles. The van der Waals surface area contributed by atoms with E-state index < -0.39 is 21.8 Å². The Labute approximate surface area is 141 Å². The Balaban J connectivity index is 1.93. The van der Waals surface area contributed by atoms with Crippen molar-refractivity contribution in [3.05, 3.63) is 29.6 Å². The fourth-order valence-electron chi connectivity index (χ4n) is 2.38. The molecule has 1 fully saturated rings. The number of primary amides is 1. The van der Waals surface area contributed by atoms with E-state index in [1.54, 1.807) is 0 Å². The van der Waals surface area contributed by atoms with E-state index >= 15 is 0 Å². The second-order valence-electron chi connectivity index (χ2n) is 5.21. The van der Waals surface area contributed by atoms with E-state index in [1.165, 1.54) is 22.6 Å². The van der Waals surface area contributed by atoms with Gasteiger partial charge in [-0.25, -0.2) is 8.42 Å². The Kier molecular flexibility index (Phi) is 4.39. The molecule has 9 nitrogen and oxygen atoms in total. The van der Waals surface area contributed by atoms with Gasteiger partial charge in [0, 0.05) is 19.3 Å². The highest BCUT2D eigenvalue weighted by molar-refractivity contribution is 7.91. The molecule has 0 aliphatic carbocycles. The molecule has 0 unspecified atom stereocenters. The molecule has 1 saturated heterocycles. The zero-order valence-electron chi connectivity index (χ0n) is 12.5. The van der Waals surface area contributed by atoms with Crippen LogP contribution < -0.4 is 11.1 Å². The lowest BCUT2D eigenvalue weighted by Gasteiger charge is -2.13. The average Bonchev–Trinajstić information content (AvgIpc) is 3.27. The Morgan fingerprint density at radius 2 is 2.04 bits per heavy atom. The molecule has 4 N–H and O–H groups in total. The number of anilines is 1. The summed E-state index contributed by atoms with van der Waals surface area (Å²) < 4.78 is 26.5. The van der Waals surface area contributed by atoms with Gasteiger partial charge in [0.25, 0.3) is 21.8 Å². The predicted molar refractivity (Wildman–Crippen MR) is 87.4 cm³/mol. The van der Waals surface area contributed by atoms with Gasteiger partial charge < -0.3 is 11.1 Å². The third kappa shape index (κ3) is 3.05. The molecule has 2 aromatic heterocycles. The second-order valence-corrected chi connectivity index (χ2v) is 8.43. The maximum atomic E-state index is 12.6. The molecule has 3 rings (SSSR count). The normalized spacial score (nSPS) is 15.5. The SMILES string of the molecule is NC(=O)c1cc(S(=O)(=O)N2CCCC2)sc1NC(=O)c1ccn[nH]1. The van der Waals surface area contributed by atoms with Crippen molar-refractivity contribution < 1.29 is 18.0 Å². The number of aromatic nitrogens is 2. The molecule has 0 atom stereocenters. The first-order valence-electron chi connectivity index (χ1n) is 7.14. The minimum absolute atomic E-state index is 0.0156. The maximum Gasteiger partial charge on any atom is 0.274 e. The van der Waals surface area contributed by atoms with E-state index in [2.05, 4.69) is 15.5 Å². The number of H-pyrrole nitrogens is 1. The fraction of sp³-hybridized carbons (Fsp3) is 0.308. The molecule has 1 aliphatic rings. The van der Waals surface area contributed by atoms with Gasteiger partial charge in [0.2, 0.25) is 0 Å². The first-order valence-corrected chi connectivity index (χ1v) is 9.40. The maximum absolute atomic E-state index is 12.6. The first kappa shape index (κ1) is 16.6. The minimum atomic E-state index is -3.69. The molecule has 128 valence electrons. The van der Waals surface area contributed by atoms with Crippen LogP contribution in [0.15, 0.2) is 22.5 Å². The largest absolute Gasteiger partial charge is 0.366 e. The van der Waals surface area contributed by atoms with Crippen LogP contribution in [0, 0.1) is 0 Å². The molecule has 2 aromatic rings. The smallest absolute Gasteiger partial charge is 0.274 e. The van der Waals surface area contributed by atoms with E-state index in [1.807, 2.05) is 0 Å². The van der Waals surface area contributed by atoms with E-state index in [-0.39, 0.29) is 20.5 Å². The molecular weight excluding hydrogens is 354 g/mol. The number of carbonyl (C=O) groups excluding carboxylic acids is 2. The minimum Gasteiger partial charge on any atom is -0.366 e. The second kappa shape index (κ2) is 6.34. The summed E-state index contributed by atoms with van der Waals surface area (Å²) in [5.41, 5.74) is 5.45. The number of rotatable bonds is 5. The van der Waals surface area contributed by atoms with Gasteiger partial charge >= 0.3 is 0 Å². The van der Waals surface area contributed by atoms with Crippen LogP contribution in [0.1, 0.15) is 33.7 Å². The Hall–Kier alpha value is -2.24. The molecule has 1 aliphatic heterocycles. The molecule has 0 spiro atoms. The van der Waals surface area contributed by atoms with Gasteiger partial charge in [-0.3, -0.25) is 14.7 Å². The van der Waals surface area contributed by atoms with Gasteiger partial charge in [0.05, 0.1) is 5.56 Å². The quantitative estimate of drug-likeness (QED) is 0.709. The van der Waals surface area contributed by atoms with Gasteiger partial charge in [-0.15, -0.1) is 11.3 Å². The number of hydrogen-bond acceptors (Lipinski definition) is 6. The summed E-state index contributed by atoms with van der Waals surface area (Å²) in [7, 11) is -3.69. The summed E-state index contributed by atoms with van der Waals surface area (Å²) in [6.07, 6.45) is 3.01. The van der Waals surface area contributed by atoms with Crippen molar-refractivity contribution in [2.45, 2.75) is 17.1 Å². The number of amides is 2. The Morgan fingerprint density at radius 3 is 2.62 bits per heavy atom. The summed E-state index contributed by atoms with van der Waals surface area (Å²) in [5.74, 6) is -1.35. The van der Waals surface area contributed by atoms with Crippen LogP contribution in [0.5, 0.6) is 0 Å². The van der Waals surface area contributed by atoms with Gasteiger partial charge in [-0.2, -0.15) is 9.40 Å². The highest BCUT2D eigenvalue weighted by atomic mass is 32.2. The van der Waals surface area contributed by atoms with Gasteiger partial charge in [0.1, 0.15) is 14.9 Å². The van der Waals surface area contributed by atoms with Crippen LogP contribution in [0.25, 0.3) is 0 Å². The number of carbonyl (C=O) groups is 2. The number of nitrogens with one attached hydrogen (secondary N) is 2. The standard InChI is InChI=1S/C13H15N5O4S2/c14-11(19)8-7-10(24(21,22)18-5-1-2-6-18)23-13(8)16-12(20)9-3-4-15-17-9/h3-4,7H,1-2,5-6H2,(H2,14,19)(H,15,17)(H,16,20). The zero-order valence-corrected chi connectivity index (χ0v) is 14.1. The number of nitrogens with two attached hydrogens (primary N) is 1. The van der Waals surface area contributed by atoms with E-state index in [0.717, 1.165) is 24.2 Å². The number of nitrogens with zero attached hydrogens (tertiary/aromatic N) is 2. The van der Waals surface area contributed by atoms with E-state index in [4.69, 9.17) is 5.73 Å². The van der Waals surface area contributed by atoms with Crippen LogP contribution in [-0.4, -0.2) is 47.8 Å². The van der Waals surface area contributed by atoms with Gasteiger partial charge in [-0.1, -0.05) is 0 Å². The van der Waals surface area contributed by atoms with Crippen molar-refractivity contribution in [1.29, 1.82) is 0 Å². The number of aromatic amines is 1. The van der Waals surface area contributed by atoms with Crippen LogP contribution in [-0.2, 0) is 10.0 Å². The van der Waals surface area contributed by atoms with Crippen molar-refractivity contribution >= 4 is 38.2 Å². The molecule has 0 saturated carbocycles. The van der Waals surface area contributed by atoms with E-state index in [0.29, 0.717) is 13.1 Å². The third-order valence-corrected chi connectivity index (χ3v) is 7.00. The summed E-state index contributed by atoms with van der Waals surface area (Å²) in [4.78, 5) is 23.7. The van der Waals surface area contributed by atoms with Crippen molar-refractivity contribution in [2.24, 2.45) is 5.73 Å².